The van der Waals surface area contributed by atoms with Gasteiger partial charge in [0.15, 0.2) is 0 Å². The lowest BCUT2D eigenvalue weighted by molar-refractivity contribution is 0.0236. The Morgan fingerprint density at radius 3 is 2.62 bits per heavy atom. The smallest absolute Gasteiger partial charge is 0.251 e. The highest BCUT2D eigenvalue weighted by Gasteiger charge is 2.47. The lowest BCUT2D eigenvalue weighted by atomic mass is 9.60. The van der Waals surface area contributed by atoms with E-state index < -0.39 is 0 Å². The summed E-state index contributed by atoms with van der Waals surface area (Å²) in [5.41, 5.74) is 10.5. The number of carbonyl (C=O) groups is 1. The van der Waals surface area contributed by atoms with Crippen LogP contribution in [0.25, 0.3) is 0 Å². The molecule has 5 aliphatic rings. The zero-order valence-electron chi connectivity index (χ0n) is 24.2. The fourth-order valence-corrected chi connectivity index (χ4v) is 7.53. The number of likely N-dealkylation sites (tertiary alicyclic amines) is 1. The van der Waals surface area contributed by atoms with Gasteiger partial charge in [-0.15, -0.1) is 0 Å². The third kappa shape index (κ3) is 5.23. The third-order valence-corrected chi connectivity index (χ3v) is 10.1. The minimum atomic E-state index is 0.0494. The molecule has 2 aliphatic carbocycles. The number of piperidine rings is 1. The Balaban J connectivity index is 1.27. The molecule has 5 nitrogen and oxygen atoms in total. The first-order chi connectivity index (χ1) is 19.0. The standard InChI is InChI=1S/C34H46N4O/c1-4-38(27-21-34(22-27)16-18-37(3)19-17-34)31-15-9-14-29-28(31)13-7-5-6-10-26-20-24(2)36-32(25-11-8-12-25)30(26)23-35-33(29)39/h5,7,9,14-15,20,27,36H,4,6,8,10-13,16-19,21-23H2,1-3H3,(H,35,39)/b7-5+. The first-order valence-electron chi connectivity index (χ1n) is 15.4. The van der Waals surface area contributed by atoms with Crippen molar-refractivity contribution < 1.29 is 4.79 Å². The normalized spacial score (nSPS) is 24.7. The van der Waals surface area contributed by atoms with Gasteiger partial charge in [-0.25, -0.2) is 0 Å². The largest absolute Gasteiger partial charge is 0.369 e. The molecule has 0 atom stereocenters. The van der Waals surface area contributed by atoms with Crippen LogP contribution in [0.5, 0.6) is 0 Å². The van der Waals surface area contributed by atoms with Gasteiger partial charge < -0.3 is 20.4 Å². The molecule has 1 aromatic carbocycles. The molecule has 3 fully saturated rings. The van der Waals surface area contributed by atoms with Gasteiger partial charge in [-0.3, -0.25) is 4.79 Å². The fourth-order valence-electron chi connectivity index (χ4n) is 7.53. The average Bonchev–Trinajstić information content (AvgIpc) is 2.87. The molecule has 1 aromatic rings. The Bertz CT molecular complexity index is 1230. The summed E-state index contributed by atoms with van der Waals surface area (Å²) in [6.07, 6.45) is 18.6. The van der Waals surface area contributed by atoms with E-state index in [9.17, 15) is 4.79 Å². The average molecular weight is 527 g/mol. The van der Waals surface area contributed by atoms with Crippen molar-refractivity contribution in [2.24, 2.45) is 5.41 Å². The van der Waals surface area contributed by atoms with E-state index in [1.165, 1.54) is 97.4 Å². The minimum Gasteiger partial charge on any atom is -0.369 e. The van der Waals surface area contributed by atoms with Gasteiger partial charge in [0, 0.05) is 41.8 Å². The predicted molar refractivity (Wildman–Crippen MR) is 161 cm³/mol. The molecule has 0 bridgehead atoms. The van der Waals surface area contributed by atoms with Crippen LogP contribution in [-0.4, -0.2) is 50.1 Å². The number of anilines is 1. The molecule has 1 spiro atoms. The number of hydrogen-bond acceptors (Lipinski definition) is 4. The Morgan fingerprint density at radius 1 is 1.10 bits per heavy atom. The summed E-state index contributed by atoms with van der Waals surface area (Å²) in [5.74, 6) is 0.0494. The van der Waals surface area contributed by atoms with Crippen LogP contribution in [0.15, 0.2) is 64.5 Å². The second-order valence-electron chi connectivity index (χ2n) is 12.6. The quantitative estimate of drug-likeness (QED) is 0.457. The number of amides is 1. The first-order valence-corrected chi connectivity index (χ1v) is 15.4. The van der Waals surface area contributed by atoms with Crippen LogP contribution in [0.1, 0.15) is 87.6 Å². The van der Waals surface area contributed by atoms with E-state index in [0.29, 0.717) is 18.0 Å². The molecule has 1 saturated heterocycles. The summed E-state index contributed by atoms with van der Waals surface area (Å²) in [6, 6.07) is 6.96. The highest BCUT2D eigenvalue weighted by molar-refractivity contribution is 5.97. The van der Waals surface area contributed by atoms with Gasteiger partial charge in [0.1, 0.15) is 0 Å². The van der Waals surface area contributed by atoms with Crippen LogP contribution in [0.2, 0.25) is 0 Å². The Morgan fingerprint density at radius 2 is 1.90 bits per heavy atom. The van der Waals surface area contributed by atoms with E-state index in [0.717, 1.165) is 31.4 Å². The SMILES string of the molecule is CCN(c1cccc2c1C/C=C/CCC1=C(CNC2=O)C(=C2CCC2)NC(C)=C1)C1CC2(CCN(C)CC2)C1. The number of fused-ring (bicyclic) bond motifs is 1. The third-order valence-electron chi connectivity index (χ3n) is 10.1. The molecule has 1 amide bonds. The highest BCUT2D eigenvalue weighted by Crippen LogP contribution is 2.51. The topological polar surface area (TPSA) is 47.6 Å². The Hall–Kier alpha value is -2.79. The number of benzene rings is 1. The van der Waals surface area contributed by atoms with Crippen molar-refractivity contribution in [2.75, 3.05) is 38.1 Å². The molecule has 208 valence electrons. The first kappa shape index (κ1) is 26.4. The summed E-state index contributed by atoms with van der Waals surface area (Å²) >= 11 is 0. The molecule has 5 heteroatoms. The molecule has 3 heterocycles. The van der Waals surface area contributed by atoms with Crippen molar-refractivity contribution in [1.29, 1.82) is 0 Å². The molecular formula is C34H46N4O. The van der Waals surface area contributed by atoms with Crippen LogP contribution in [0.4, 0.5) is 5.69 Å². The van der Waals surface area contributed by atoms with Gasteiger partial charge in [0.25, 0.3) is 5.91 Å². The molecule has 6 rings (SSSR count). The number of rotatable bonds is 3. The fraction of sp³-hybridized carbons (Fsp3) is 0.559. The maximum atomic E-state index is 13.8. The van der Waals surface area contributed by atoms with Crippen molar-refractivity contribution in [1.82, 2.24) is 15.5 Å². The van der Waals surface area contributed by atoms with Gasteiger partial charge >= 0.3 is 0 Å². The highest BCUT2D eigenvalue weighted by atomic mass is 16.1. The molecule has 2 N–H and O–H groups in total. The maximum absolute atomic E-state index is 13.8. The van der Waals surface area contributed by atoms with Crippen molar-refractivity contribution in [3.05, 3.63) is 75.7 Å². The molecule has 0 radical (unpaired) electrons. The summed E-state index contributed by atoms with van der Waals surface area (Å²) in [7, 11) is 2.25. The monoisotopic (exact) mass is 526 g/mol. The summed E-state index contributed by atoms with van der Waals surface area (Å²) in [4.78, 5) is 18.9. The second kappa shape index (κ2) is 11.0. The maximum Gasteiger partial charge on any atom is 0.251 e. The lowest BCUT2D eigenvalue weighted by Gasteiger charge is -2.55. The second-order valence-corrected chi connectivity index (χ2v) is 12.6. The summed E-state index contributed by atoms with van der Waals surface area (Å²) in [6.45, 7) is 8.44. The molecule has 3 aliphatic heterocycles. The number of nitrogens with one attached hydrogen (secondary N) is 2. The van der Waals surface area contributed by atoms with Gasteiger partial charge in [-0.2, -0.15) is 0 Å². The molecule has 39 heavy (non-hydrogen) atoms. The van der Waals surface area contributed by atoms with Gasteiger partial charge in [-0.05, 0) is 144 Å². The van der Waals surface area contributed by atoms with Crippen molar-refractivity contribution >= 4 is 11.6 Å². The Labute approximate surface area is 235 Å². The van der Waals surface area contributed by atoms with Crippen molar-refractivity contribution in [3.63, 3.8) is 0 Å². The number of dihydropyridines is 1. The van der Waals surface area contributed by atoms with Crippen LogP contribution in [0.3, 0.4) is 0 Å². The summed E-state index contributed by atoms with van der Waals surface area (Å²) in [5, 5.41) is 7.00. The Kier molecular flexibility index (Phi) is 7.45. The predicted octanol–water partition coefficient (Wildman–Crippen LogP) is 6.25. The van der Waals surface area contributed by atoms with E-state index in [4.69, 9.17) is 0 Å². The van der Waals surface area contributed by atoms with Crippen LogP contribution in [-0.2, 0) is 6.42 Å². The van der Waals surface area contributed by atoms with Crippen LogP contribution >= 0.6 is 0 Å². The zero-order valence-corrected chi connectivity index (χ0v) is 24.2. The number of nitrogens with zero attached hydrogens (tertiary/aromatic N) is 2. The molecule has 0 aromatic heterocycles. The van der Waals surface area contributed by atoms with E-state index >= 15 is 0 Å². The summed E-state index contributed by atoms with van der Waals surface area (Å²) < 4.78 is 0. The zero-order chi connectivity index (χ0) is 27.0. The van der Waals surface area contributed by atoms with Gasteiger partial charge in [-0.1, -0.05) is 18.2 Å². The molecular weight excluding hydrogens is 480 g/mol. The molecule has 0 unspecified atom stereocenters. The van der Waals surface area contributed by atoms with Crippen molar-refractivity contribution in [3.8, 4) is 0 Å². The van der Waals surface area contributed by atoms with E-state index in [-0.39, 0.29) is 5.91 Å². The molecule has 2 saturated carbocycles. The lowest BCUT2D eigenvalue weighted by Crippen LogP contribution is -2.55. The van der Waals surface area contributed by atoms with E-state index in [1.54, 1.807) is 0 Å². The van der Waals surface area contributed by atoms with Crippen molar-refractivity contribution in [2.45, 2.75) is 84.1 Å². The number of carbonyl (C=O) groups excluding carboxylic acids is 1. The number of allylic oxidation sites excluding steroid dienone is 6. The van der Waals surface area contributed by atoms with Gasteiger partial charge in [0.2, 0.25) is 0 Å². The van der Waals surface area contributed by atoms with Crippen LogP contribution in [0, 0.1) is 5.41 Å². The number of hydrogen-bond donors (Lipinski definition) is 2. The van der Waals surface area contributed by atoms with Gasteiger partial charge in [0.05, 0.1) is 0 Å². The minimum absolute atomic E-state index is 0.0494. The van der Waals surface area contributed by atoms with E-state index in [2.05, 4.69) is 71.7 Å². The van der Waals surface area contributed by atoms with Crippen LogP contribution < -0.4 is 15.5 Å². The van der Waals surface area contributed by atoms with E-state index in [1.807, 2.05) is 6.07 Å².